The summed E-state index contributed by atoms with van der Waals surface area (Å²) < 4.78 is 0. The van der Waals surface area contributed by atoms with Crippen LogP contribution in [-0.2, 0) is 0 Å². The standard InChI is InChI=1S/C15H19ClN2O3/c1-2-10-5-3-6-11(9-10)17-15(19)12-7-4-8-13(14(12)16)18(20)21/h4,7-8,10-11H,2-3,5-6,9H2,1H3,(H,17,19). The van der Waals surface area contributed by atoms with Crippen LogP contribution in [0.25, 0.3) is 0 Å². The van der Waals surface area contributed by atoms with E-state index in [2.05, 4.69) is 12.2 Å². The van der Waals surface area contributed by atoms with Crippen LogP contribution in [-0.4, -0.2) is 16.9 Å². The second kappa shape index (κ2) is 6.89. The largest absolute Gasteiger partial charge is 0.349 e. The molecule has 6 heteroatoms. The van der Waals surface area contributed by atoms with Gasteiger partial charge in [-0.15, -0.1) is 0 Å². The molecule has 1 amide bonds. The molecule has 1 aromatic carbocycles. The first-order chi connectivity index (χ1) is 10.0. The molecule has 114 valence electrons. The molecule has 1 fully saturated rings. The maximum atomic E-state index is 12.3. The summed E-state index contributed by atoms with van der Waals surface area (Å²) in [4.78, 5) is 22.6. The molecular formula is C15H19ClN2O3. The summed E-state index contributed by atoms with van der Waals surface area (Å²) in [7, 11) is 0. The highest BCUT2D eigenvalue weighted by Gasteiger charge is 2.25. The van der Waals surface area contributed by atoms with Gasteiger partial charge >= 0.3 is 0 Å². The maximum Gasteiger partial charge on any atom is 0.288 e. The smallest absolute Gasteiger partial charge is 0.288 e. The van der Waals surface area contributed by atoms with Crippen LogP contribution in [0.1, 0.15) is 49.4 Å². The van der Waals surface area contributed by atoms with Crippen molar-refractivity contribution in [3.8, 4) is 0 Å². The number of halogens is 1. The average Bonchev–Trinajstić information content (AvgIpc) is 2.47. The SMILES string of the molecule is CCC1CCCC(NC(=O)c2cccc([N+](=O)[O-])c2Cl)C1. The van der Waals surface area contributed by atoms with Gasteiger partial charge in [0.15, 0.2) is 0 Å². The van der Waals surface area contributed by atoms with Gasteiger partial charge in [-0.25, -0.2) is 0 Å². The minimum Gasteiger partial charge on any atom is -0.349 e. The van der Waals surface area contributed by atoms with Crippen LogP contribution in [0.3, 0.4) is 0 Å². The molecule has 1 aliphatic carbocycles. The third-order valence-electron chi connectivity index (χ3n) is 4.12. The van der Waals surface area contributed by atoms with Crippen LogP contribution in [0, 0.1) is 16.0 Å². The van der Waals surface area contributed by atoms with Gasteiger partial charge in [0, 0.05) is 12.1 Å². The summed E-state index contributed by atoms with van der Waals surface area (Å²) in [6.45, 7) is 2.16. The van der Waals surface area contributed by atoms with Crippen molar-refractivity contribution in [2.45, 2.75) is 45.1 Å². The van der Waals surface area contributed by atoms with E-state index in [0.717, 1.165) is 25.7 Å². The Morgan fingerprint density at radius 1 is 1.48 bits per heavy atom. The molecule has 2 rings (SSSR count). The Morgan fingerprint density at radius 2 is 2.24 bits per heavy atom. The monoisotopic (exact) mass is 310 g/mol. The Morgan fingerprint density at radius 3 is 2.90 bits per heavy atom. The van der Waals surface area contributed by atoms with Gasteiger partial charge in [0.25, 0.3) is 11.6 Å². The van der Waals surface area contributed by atoms with Gasteiger partial charge in [-0.05, 0) is 24.8 Å². The van der Waals surface area contributed by atoms with E-state index in [-0.39, 0.29) is 28.2 Å². The molecule has 1 N–H and O–H groups in total. The summed E-state index contributed by atoms with van der Waals surface area (Å²) in [6, 6.07) is 4.43. The summed E-state index contributed by atoms with van der Waals surface area (Å²) in [5.41, 5.74) is -0.0658. The van der Waals surface area contributed by atoms with Crippen LogP contribution in [0.4, 0.5) is 5.69 Å². The fourth-order valence-corrected chi connectivity index (χ4v) is 3.17. The van der Waals surface area contributed by atoms with Gasteiger partial charge < -0.3 is 5.32 Å². The van der Waals surface area contributed by atoms with Crippen LogP contribution >= 0.6 is 11.6 Å². The molecule has 0 spiro atoms. The van der Waals surface area contributed by atoms with E-state index < -0.39 is 4.92 Å². The van der Waals surface area contributed by atoms with Crippen molar-refractivity contribution in [3.05, 3.63) is 38.9 Å². The lowest BCUT2D eigenvalue weighted by atomic mass is 9.84. The van der Waals surface area contributed by atoms with Gasteiger partial charge in [0.1, 0.15) is 5.02 Å². The van der Waals surface area contributed by atoms with Crippen molar-refractivity contribution < 1.29 is 9.72 Å². The summed E-state index contributed by atoms with van der Waals surface area (Å²) in [5.74, 6) is 0.315. The Kier molecular flexibility index (Phi) is 5.17. The quantitative estimate of drug-likeness (QED) is 0.676. The van der Waals surface area contributed by atoms with E-state index >= 15 is 0 Å². The molecule has 21 heavy (non-hydrogen) atoms. The predicted octanol–water partition coefficient (Wildman–Crippen LogP) is 3.95. The minimum absolute atomic E-state index is 0.0946. The molecule has 0 aromatic heterocycles. The van der Waals surface area contributed by atoms with E-state index in [1.165, 1.54) is 24.6 Å². The number of carbonyl (C=O) groups is 1. The fraction of sp³-hybridized carbons (Fsp3) is 0.533. The van der Waals surface area contributed by atoms with Crippen molar-refractivity contribution in [1.29, 1.82) is 0 Å². The topological polar surface area (TPSA) is 72.2 Å². The number of rotatable bonds is 4. The van der Waals surface area contributed by atoms with E-state index in [4.69, 9.17) is 11.6 Å². The van der Waals surface area contributed by atoms with Gasteiger partial charge in [0.05, 0.1) is 10.5 Å². The van der Waals surface area contributed by atoms with Crippen molar-refractivity contribution in [2.24, 2.45) is 5.92 Å². The highest BCUT2D eigenvalue weighted by atomic mass is 35.5. The van der Waals surface area contributed by atoms with Gasteiger partial charge in [-0.1, -0.05) is 43.9 Å². The van der Waals surface area contributed by atoms with Crippen molar-refractivity contribution in [1.82, 2.24) is 5.32 Å². The molecule has 5 nitrogen and oxygen atoms in total. The normalized spacial score (nSPS) is 21.8. The summed E-state index contributed by atoms with van der Waals surface area (Å²) in [6.07, 6.45) is 5.35. The van der Waals surface area contributed by atoms with E-state index in [1.54, 1.807) is 0 Å². The molecular weight excluding hydrogens is 292 g/mol. The number of nitrogens with one attached hydrogen (secondary N) is 1. The van der Waals surface area contributed by atoms with Crippen molar-refractivity contribution in [3.63, 3.8) is 0 Å². The highest BCUT2D eigenvalue weighted by molar-refractivity contribution is 6.35. The molecule has 0 heterocycles. The van der Waals surface area contributed by atoms with Crippen LogP contribution in [0.5, 0.6) is 0 Å². The number of amides is 1. The van der Waals surface area contributed by atoms with Crippen LogP contribution < -0.4 is 5.32 Å². The lowest BCUT2D eigenvalue weighted by molar-refractivity contribution is -0.384. The Bertz CT molecular complexity index is 548. The van der Waals surface area contributed by atoms with Crippen LogP contribution in [0.2, 0.25) is 5.02 Å². The molecule has 0 aliphatic heterocycles. The molecule has 0 radical (unpaired) electrons. The number of nitro benzene ring substituents is 1. The molecule has 0 bridgehead atoms. The number of nitro groups is 1. The minimum atomic E-state index is -0.577. The number of nitrogens with zero attached hydrogens (tertiary/aromatic N) is 1. The molecule has 2 unspecified atom stereocenters. The number of hydrogen-bond acceptors (Lipinski definition) is 3. The predicted molar refractivity (Wildman–Crippen MR) is 81.6 cm³/mol. The second-order valence-corrected chi connectivity index (χ2v) is 5.89. The van der Waals surface area contributed by atoms with Gasteiger partial charge in [0.2, 0.25) is 0 Å². The van der Waals surface area contributed by atoms with Crippen molar-refractivity contribution in [2.75, 3.05) is 0 Å². The lowest BCUT2D eigenvalue weighted by Crippen LogP contribution is -2.38. The molecule has 0 saturated heterocycles. The van der Waals surface area contributed by atoms with E-state index in [9.17, 15) is 14.9 Å². The summed E-state index contributed by atoms with van der Waals surface area (Å²) >= 11 is 5.97. The average molecular weight is 311 g/mol. The molecule has 1 saturated carbocycles. The molecule has 2 atom stereocenters. The highest BCUT2D eigenvalue weighted by Crippen LogP contribution is 2.29. The third kappa shape index (κ3) is 3.73. The maximum absolute atomic E-state index is 12.3. The van der Waals surface area contributed by atoms with E-state index in [0.29, 0.717) is 5.92 Å². The lowest BCUT2D eigenvalue weighted by Gasteiger charge is -2.29. The summed E-state index contributed by atoms with van der Waals surface area (Å²) in [5, 5.41) is 13.7. The van der Waals surface area contributed by atoms with E-state index in [1.807, 2.05) is 0 Å². The first kappa shape index (κ1) is 15.8. The zero-order chi connectivity index (χ0) is 15.4. The first-order valence-electron chi connectivity index (χ1n) is 7.26. The van der Waals surface area contributed by atoms with Crippen LogP contribution in [0.15, 0.2) is 18.2 Å². The zero-order valence-corrected chi connectivity index (χ0v) is 12.7. The molecule has 1 aromatic rings. The number of benzene rings is 1. The van der Waals surface area contributed by atoms with Gasteiger partial charge in [-0.2, -0.15) is 0 Å². The number of hydrogen-bond donors (Lipinski definition) is 1. The number of carbonyl (C=O) groups excluding carboxylic acids is 1. The Hall–Kier alpha value is -1.62. The Balaban J connectivity index is 2.10. The van der Waals surface area contributed by atoms with Gasteiger partial charge in [-0.3, -0.25) is 14.9 Å². The molecule has 1 aliphatic rings. The Labute approximate surface area is 128 Å². The zero-order valence-electron chi connectivity index (χ0n) is 12.0. The third-order valence-corrected chi connectivity index (χ3v) is 4.51. The van der Waals surface area contributed by atoms with Crippen molar-refractivity contribution >= 4 is 23.2 Å². The fourth-order valence-electron chi connectivity index (χ4n) is 2.89. The first-order valence-corrected chi connectivity index (χ1v) is 7.64. The second-order valence-electron chi connectivity index (χ2n) is 5.51.